The predicted molar refractivity (Wildman–Crippen MR) is 153 cm³/mol. The van der Waals surface area contributed by atoms with Crippen LogP contribution in [0.2, 0.25) is 10.0 Å². The smallest absolute Gasteiger partial charge is 0.416 e. The fraction of sp³-hybridized carbons (Fsp3) is 0.323. The summed E-state index contributed by atoms with van der Waals surface area (Å²) >= 11 is 12.4. The molecule has 0 N–H and O–H groups in total. The molecule has 1 unspecified atom stereocenters. The fourth-order valence-electron chi connectivity index (χ4n) is 5.68. The van der Waals surface area contributed by atoms with Gasteiger partial charge in [0.15, 0.2) is 0 Å². The highest BCUT2D eigenvalue weighted by molar-refractivity contribution is 6.31. The lowest BCUT2D eigenvalue weighted by atomic mass is 9.88. The second kappa shape index (κ2) is 11.6. The molecular weight excluding hydrogens is 535 g/mol. The van der Waals surface area contributed by atoms with Gasteiger partial charge in [0.2, 0.25) is 0 Å². The van der Waals surface area contributed by atoms with E-state index in [-0.39, 0.29) is 12.1 Å². The molecule has 0 saturated carbocycles. The van der Waals surface area contributed by atoms with Crippen molar-refractivity contribution in [2.75, 3.05) is 46.0 Å². The molecule has 1 aliphatic carbocycles. The molecule has 1 amide bonds. The van der Waals surface area contributed by atoms with Crippen molar-refractivity contribution in [2.24, 2.45) is 0 Å². The van der Waals surface area contributed by atoms with Crippen molar-refractivity contribution in [1.82, 2.24) is 9.80 Å². The normalized spacial score (nSPS) is 19.0. The van der Waals surface area contributed by atoms with Crippen molar-refractivity contribution in [3.05, 3.63) is 99.0 Å². The maximum atomic E-state index is 13.5. The van der Waals surface area contributed by atoms with Gasteiger partial charge in [-0.05, 0) is 89.2 Å². The summed E-state index contributed by atoms with van der Waals surface area (Å²) in [6.45, 7) is 5.47. The summed E-state index contributed by atoms with van der Waals surface area (Å²) in [5, 5.41) is 1.32. The average molecular weight is 565 g/mol. The Morgan fingerprint density at radius 1 is 0.897 bits per heavy atom. The number of nitrogens with zero attached hydrogens (tertiary/aromatic N) is 2. The zero-order chi connectivity index (χ0) is 26.8. The second-order valence-electron chi connectivity index (χ2n) is 10.0. The minimum absolute atomic E-state index is 0.248. The van der Waals surface area contributed by atoms with Crippen molar-refractivity contribution in [3.8, 4) is 11.5 Å². The number of fused-ring (bicyclic) bond motifs is 2. The highest BCUT2D eigenvalue weighted by atomic mass is 35.5. The summed E-state index contributed by atoms with van der Waals surface area (Å²) in [5.74, 6) is 1.28. The maximum absolute atomic E-state index is 13.5. The van der Waals surface area contributed by atoms with Crippen LogP contribution in [0.4, 0.5) is 4.79 Å². The molecular formula is C31H30Cl2N2O4. The van der Waals surface area contributed by atoms with Crippen LogP contribution in [-0.2, 0) is 11.2 Å². The summed E-state index contributed by atoms with van der Waals surface area (Å²) in [6.07, 6.45) is 1.14. The van der Waals surface area contributed by atoms with E-state index in [0.717, 1.165) is 62.0 Å². The molecule has 0 spiro atoms. The quantitative estimate of drug-likeness (QED) is 0.335. The largest absolute Gasteiger partial charge is 0.492 e. The van der Waals surface area contributed by atoms with Gasteiger partial charge < -0.3 is 14.2 Å². The van der Waals surface area contributed by atoms with E-state index in [4.69, 9.17) is 37.4 Å². The van der Waals surface area contributed by atoms with E-state index in [0.29, 0.717) is 23.9 Å². The van der Waals surface area contributed by atoms with Crippen molar-refractivity contribution >= 4 is 34.9 Å². The van der Waals surface area contributed by atoms with Crippen LogP contribution in [0, 0.1) is 0 Å². The van der Waals surface area contributed by atoms with Gasteiger partial charge in [0.05, 0.1) is 19.3 Å². The lowest BCUT2D eigenvalue weighted by Crippen LogP contribution is -2.41. The number of halogens is 2. The lowest BCUT2D eigenvalue weighted by Gasteiger charge is -2.37. The van der Waals surface area contributed by atoms with Crippen LogP contribution in [0.5, 0.6) is 11.5 Å². The van der Waals surface area contributed by atoms with Gasteiger partial charge in [0.1, 0.15) is 18.1 Å². The molecule has 0 bridgehead atoms. The van der Waals surface area contributed by atoms with Crippen LogP contribution in [-0.4, -0.2) is 61.9 Å². The van der Waals surface area contributed by atoms with Gasteiger partial charge in [-0.2, -0.15) is 0 Å². The minimum Gasteiger partial charge on any atom is -0.492 e. The first-order chi connectivity index (χ1) is 19.0. The number of hydrogen-bond donors (Lipinski definition) is 0. The van der Waals surface area contributed by atoms with Gasteiger partial charge in [-0.15, -0.1) is 0 Å². The third-order valence-corrected chi connectivity index (χ3v) is 8.13. The Hall–Kier alpha value is -3.03. The molecule has 0 radical (unpaired) electrons. The summed E-state index contributed by atoms with van der Waals surface area (Å²) < 4.78 is 17.2. The van der Waals surface area contributed by atoms with Gasteiger partial charge in [0, 0.05) is 36.2 Å². The van der Waals surface area contributed by atoms with Crippen molar-refractivity contribution in [2.45, 2.75) is 18.9 Å². The molecule has 8 heteroatoms. The molecule has 202 valence electrons. The second-order valence-corrected chi connectivity index (χ2v) is 10.9. The summed E-state index contributed by atoms with van der Waals surface area (Å²) in [7, 11) is 0. The number of ether oxygens (including phenoxy) is 3. The Morgan fingerprint density at radius 2 is 1.62 bits per heavy atom. The van der Waals surface area contributed by atoms with E-state index in [1.54, 1.807) is 24.3 Å². The monoisotopic (exact) mass is 564 g/mol. The third kappa shape index (κ3) is 5.80. The first-order valence-electron chi connectivity index (χ1n) is 13.3. The molecule has 1 fully saturated rings. The van der Waals surface area contributed by atoms with Gasteiger partial charge in [0.25, 0.3) is 0 Å². The van der Waals surface area contributed by atoms with E-state index in [1.807, 2.05) is 29.2 Å². The molecule has 3 aromatic carbocycles. The first-order valence-corrected chi connectivity index (χ1v) is 14.1. The van der Waals surface area contributed by atoms with E-state index in [2.05, 4.69) is 23.1 Å². The Kier molecular flexibility index (Phi) is 7.80. The topological polar surface area (TPSA) is 51.2 Å². The number of rotatable bonds is 6. The summed E-state index contributed by atoms with van der Waals surface area (Å²) in [6, 6.07) is 20.8. The molecule has 39 heavy (non-hydrogen) atoms. The number of carbonyl (C=O) groups is 1. The molecule has 1 saturated heterocycles. The molecule has 6 nitrogen and oxygen atoms in total. The number of amides is 1. The van der Waals surface area contributed by atoms with Crippen LogP contribution >= 0.6 is 23.2 Å². The zero-order valence-electron chi connectivity index (χ0n) is 21.6. The Labute approximate surface area is 238 Å². The van der Waals surface area contributed by atoms with Gasteiger partial charge in [-0.3, -0.25) is 9.80 Å². The molecule has 3 aromatic rings. The lowest BCUT2D eigenvalue weighted by molar-refractivity contribution is 0.0322. The molecule has 2 aliphatic heterocycles. The highest BCUT2D eigenvalue weighted by Gasteiger charge is 2.38. The fourth-order valence-corrected chi connectivity index (χ4v) is 5.98. The van der Waals surface area contributed by atoms with Gasteiger partial charge in [-0.25, -0.2) is 4.79 Å². The van der Waals surface area contributed by atoms with Crippen LogP contribution in [0.1, 0.15) is 29.2 Å². The zero-order valence-corrected chi connectivity index (χ0v) is 23.1. The molecule has 6 rings (SSSR count). The number of hydrogen-bond acceptors (Lipinski definition) is 5. The van der Waals surface area contributed by atoms with Crippen molar-refractivity contribution < 1.29 is 19.0 Å². The minimum atomic E-state index is -0.381. The highest BCUT2D eigenvalue weighted by Crippen LogP contribution is 2.47. The standard InChI is InChI=1S/C31H30Cl2N2O4/c32-23-5-9-26(10-6-23)39-31(36)35-12-11-27-28-20-24(33)4-1-22(28)19-29(27)30(35)21-2-7-25(8-3-21)38-18-15-34-13-16-37-17-14-34/h1-10,20,30H,11-19H2. The first kappa shape index (κ1) is 26.2. The van der Waals surface area contributed by atoms with Crippen LogP contribution < -0.4 is 9.47 Å². The van der Waals surface area contributed by atoms with Gasteiger partial charge in [-0.1, -0.05) is 41.4 Å². The number of morpholine rings is 1. The van der Waals surface area contributed by atoms with Crippen molar-refractivity contribution in [1.29, 1.82) is 0 Å². The number of benzene rings is 3. The molecule has 1 atom stereocenters. The number of carbonyl (C=O) groups excluding carboxylic acids is 1. The van der Waals surface area contributed by atoms with E-state index >= 15 is 0 Å². The Morgan fingerprint density at radius 3 is 2.38 bits per heavy atom. The van der Waals surface area contributed by atoms with Crippen LogP contribution in [0.15, 0.2) is 72.3 Å². The van der Waals surface area contributed by atoms with Gasteiger partial charge >= 0.3 is 6.09 Å². The predicted octanol–water partition coefficient (Wildman–Crippen LogP) is 6.66. The van der Waals surface area contributed by atoms with E-state index in [9.17, 15) is 4.79 Å². The summed E-state index contributed by atoms with van der Waals surface area (Å²) in [4.78, 5) is 17.7. The SMILES string of the molecule is O=C(Oc1ccc(Cl)cc1)N1CCC2=C(Cc3ccc(Cl)cc32)C1c1ccc(OCCN2CCOCC2)cc1. The van der Waals surface area contributed by atoms with Crippen molar-refractivity contribution in [3.63, 3.8) is 0 Å². The van der Waals surface area contributed by atoms with Crippen LogP contribution in [0.3, 0.4) is 0 Å². The molecule has 2 heterocycles. The Bertz CT molecular complexity index is 1370. The van der Waals surface area contributed by atoms with E-state index in [1.165, 1.54) is 22.3 Å². The van der Waals surface area contributed by atoms with Crippen LogP contribution in [0.25, 0.3) is 5.57 Å². The molecule has 0 aromatic heterocycles. The Balaban J connectivity index is 1.24. The maximum Gasteiger partial charge on any atom is 0.416 e. The third-order valence-electron chi connectivity index (χ3n) is 7.64. The average Bonchev–Trinajstić information content (AvgIpc) is 3.32. The van der Waals surface area contributed by atoms with E-state index < -0.39 is 0 Å². The summed E-state index contributed by atoms with van der Waals surface area (Å²) in [5.41, 5.74) is 5.95. The molecule has 3 aliphatic rings.